The van der Waals surface area contributed by atoms with Crippen molar-refractivity contribution in [1.29, 1.82) is 0 Å². The Balaban J connectivity index is 0.00000202. The number of hydrogen-bond donors (Lipinski definition) is 0. The second-order valence-corrected chi connectivity index (χ2v) is 12.1. The van der Waals surface area contributed by atoms with Crippen molar-refractivity contribution >= 4 is 22.3 Å². The zero-order valence-corrected chi connectivity index (χ0v) is 27.0. The van der Waals surface area contributed by atoms with Crippen molar-refractivity contribution in [3.05, 3.63) is 142 Å². The summed E-state index contributed by atoms with van der Waals surface area (Å²) < 4.78 is 83.7. The maximum atomic E-state index is 13.9. The number of rotatable bonds is 3. The quantitative estimate of drug-likeness (QED) is 0.219. The van der Waals surface area contributed by atoms with Gasteiger partial charge < -0.3 is 24.8 Å². The molecule has 0 spiro atoms. The van der Waals surface area contributed by atoms with E-state index in [1.165, 1.54) is 0 Å². The summed E-state index contributed by atoms with van der Waals surface area (Å²) in [4.78, 5) is 0. The van der Waals surface area contributed by atoms with Gasteiger partial charge in [-0.3, -0.25) is 0 Å². The molecular weight excluding hydrogens is 760 g/mol. The standard InChI is InChI=1S/C33H21F6.2ClH.Hf/c1-19-25-12-7-8-14-27(25)31(29(19)22-15-23(32(34,35)36)18-24(16-22)33(37,38)39)30-26-13-6-5-11-21(26)17-28(30)20-9-3-2-4-10-20;;;/h2-18,31H,1H3;2*1H;/q;;;+2/p-2. The summed E-state index contributed by atoms with van der Waals surface area (Å²) in [7, 11) is 0. The van der Waals surface area contributed by atoms with Gasteiger partial charge in [-0.25, -0.2) is 0 Å². The molecule has 213 valence electrons. The summed E-state index contributed by atoms with van der Waals surface area (Å²) in [5, 5.41) is 0. The Labute approximate surface area is 266 Å². The van der Waals surface area contributed by atoms with Crippen molar-refractivity contribution in [2.75, 3.05) is 0 Å². The van der Waals surface area contributed by atoms with Crippen molar-refractivity contribution in [1.82, 2.24) is 0 Å². The Morgan fingerprint density at radius 3 is 1.62 bits per heavy atom. The molecule has 0 radical (unpaired) electrons. The van der Waals surface area contributed by atoms with E-state index in [4.69, 9.17) is 0 Å². The van der Waals surface area contributed by atoms with E-state index in [2.05, 4.69) is 6.07 Å². The smallest absolute Gasteiger partial charge is 1.00 e. The number of benzene rings is 4. The van der Waals surface area contributed by atoms with Gasteiger partial charge in [-0.1, -0.05) is 0 Å². The van der Waals surface area contributed by atoms with Crippen molar-refractivity contribution < 1.29 is 75.5 Å². The second kappa shape index (κ2) is 11.8. The zero-order chi connectivity index (χ0) is 28.4. The molecule has 4 aromatic rings. The number of alkyl halides is 6. The van der Waals surface area contributed by atoms with Gasteiger partial charge in [-0.15, -0.1) is 0 Å². The molecule has 0 N–H and O–H groups in total. The fraction of sp³-hybridized carbons (Fsp3) is 0.152. The van der Waals surface area contributed by atoms with Crippen LogP contribution in [-0.4, -0.2) is 0 Å². The summed E-state index contributed by atoms with van der Waals surface area (Å²) in [6.07, 6.45) is -9.86. The number of hydrogen-bond acceptors (Lipinski definition) is 0. The van der Waals surface area contributed by atoms with Crippen LogP contribution < -0.4 is 24.8 Å². The molecule has 0 saturated heterocycles. The van der Waals surface area contributed by atoms with Crippen LogP contribution in [0.3, 0.4) is 0 Å². The van der Waals surface area contributed by atoms with E-state index in [-0.39, 0.29) is 40.1 Å². The first kappa shape index (κ1) is 32.3. The number of allylic oxidation sites excluding steroid dienone is 4. The monoisotopic (exact) mass is 781 g/mol. The summed E-state index contributed by atoms with van der Waals surface area (Å²) in [5.41, 5.74) is 5.39. The van der Waals surface area contributed by atoms with Crippen LogP contribution in [0.5, 0.6) is 0 Å². The molecule has 0 aromatic heterocycles. The van der Waals surface area contributed by atoms with Gasteiger partial charge in [0, 0.05) is 0 Å². The third kappa shape index (κ3) is 5.44. The fourth-order valence-electron chi connectivity index (χ4n) is 6.10. The molecule has 2 atom stereocenters. The van der Waals surface area contributed by atoms with E-state index >= 15 is 0 Å². The van der Waals surface area contributed by atoms with Crippen molar-refractivity contribution in [3.63, 3.8) is 0 Å². The summed E-state index contributed by atoms with van der Waals surface area (Å²) in [6.45, 7) is 1.80. The molecule has 0 amide bonds. The predicted molar refractivity (Wildman–Crippen MR) is 141 cm³/mol. The zero-order valence-electron chi connectivity index (χ0n) is 21.9. The van der Waals surface area contributed by atoms with Crippen LogP contribution in [0.2, 0.25) is 0 Å². The third-order valence-electron chi connectivity index (χ3n) is 7.78. The Morgan fingerprint density at radius 2 is 1.05 bits per heavy atom. The van der Waals surface area contributed by atoms with Crippen molar-refractivity contribution in [2.45, 2.75) is 28.9 Å². The molecule has 2 aliphatic rings. The Hall–Kier alpha value is -2.61. The number of fused-ring (bicyclic) bond motifs is 2. The topological polar surface area (TPSA) is 0 Å². The molecule has 4 aromatic carbocycles. The summed E-state index contributed by atoms with van der Waals surface area (Å²) in [6, 6.07) is 27.4. The predicted octanol–water partition coefficient (Wildman–Crippen LogP) is 3.97. The molecular formula is C33H21Cl2F6Hf. The van der Waals surface area contributed by atoms with Gasteiger partial charge in [-0.2, -0.15) is 0 Å². The summed E-state index contributed by atoms with van der Waals surface area (Å²) in [5.74, 6) is -0.531. The average molecular weight is 781 g/mol. The van der Waals surface area contributed by atoms with Gasteiger partial charge in [0.25, 0.3) is 0 Å². The average Bonchev–Trinajstić information content (AvgIpc) is 3.38. The first-order chi connectivity index (χ1) is 19.0. The van der Waals surface area contributed by atoms with E-state index in [0.717, 1.165) is 75.5 Å². The molecule has 0 aliphatic heterocycles. The SMILES string of the molecule is CC1=C(c2cc(C(F)(F)F)cc(C(F)(F)F)c2)C(C2=C(c3ccccc3)[CH]([Hf+2])c3ccccc32)c2ccccc21.[Cl-].[Cl-]. The first-order valence-corrected chi connectivity index (χ1v) is 14.7. The van der Waals surface area contributed by atoms with Gasteiger partial charge >= 0.3 is 243 Å². The van der Waals surface area contributed by atoms with Gasteiger partial charge in [0.2, 0.25) is 0 Å². The molecule has 0 bridgehead atoms. The minimum atomic E-state index is -4.93. The van der Waals surface area contributed by atoms with Crippen molar-refractivity contribution in [2.24, 2.45) is 0 Å². The molecule has 9 heteroatoms. The Bertz CT molecular complexity index is 1670. The van der Waals surface area contributed by atoms with Gasteiger partial charge in [0.1, 0.15) is 0 Å². The molecule has 0 nitrogen and oxygen atoms in total. The molecule has 0 fully saturated rings. The number of halogens is 8. The van der Waals surface area contributed by atoms with Crippen LogP contribution in [0.4, 0.5) is 26.3 Å². The first-order valence-electron chi connectivity index (χ1n) is 12.7. The molecule has 2 aliphatic carbocycles. The van der Waals surface area contributed by atoms with E-state index in [1.807, 2.05) is 72.8 Å². The molecule has 42 heavy (non-hydrogen) atoms. The Morgan fingerprint density at radius 1 is 0.548 bits per heavy atom. The largest absolute Gasteiger partial charge is 1.00 e. The molecule has 0 heterocycles. The minimum Gasteiger partial charge on any atom is -1.00 e. The normalized spacial score (nSPS) is 17.9. The maximum absolute atomic E-state index is 13.9. The van der Waals surface area contributed by atoms with Crippen LogP contribution in [0.15, 0.2) is 97.1 Å². The minimum absolute atomic E-state index is 0. The van der Waals surface area contributed by atoms with Crippen LogP contribution in [-0.2, 0) is 36.7 Å². The molecule has 6 rings (SSSR count). The van der Waals surface area contributed by atoms with Gasteiger partial charge in [-0.05, 0) is 0 Å². The van der Waals surface area contributed by atoms with Gasteiger partial charge in [0.05, 0.1) is 0 Å². The van der Waals surface area contributed by atoms with Crippen LogP contribution in [0.1, 0.15) is 61.0 Å². The Kier molecular flexibility index (Phi) is 9.09. The van der Waals surface area contributed by atoms with Crippen LogP contribution in [0.25, 0.3) is 22.3 Å². The van der Waals surface area contributed by atoms with E-state index in [1.54, 1.807) is 6.92 Å². The van der Waals surface area contributed by atoms with E-state index < -0.39 is 29.4 Å². The van der Waals surface area contributed by atoms with E-state index in [9.17, 15) is 26.3 Å². The van der Waals surface area contributed by atoms with Crippen LogP contribution >= 0.6 is 0 Å². The van der Waals surface area contributed by atoms with E-state index in [0.29, 0.717) is 11.1 Å². The second-order valence-electron chi connectivity index (χ2n) is 10.1. The molecule has 2 unspecified atom stereocenters. The fourth-order valence-corrected chi connectivity index (χ4v) is 8.16. The van der Waals surface area contributed by atoms with Gasteiger partial charge in [0.15, 0.2) is 0 Å². The van der Waals surface area contributed by atoms with Crippen LogP contribution in [0, 0.1) is 0 Å². The summed E-state index contributed by atoms with van der Waals surface area (Å²) >= 11 is 0.785. The molecule has 0 saturated carbocycles. The maximum Gasteiger partial charge on any atom is -1.00 e. The third-order valence-corrected chi connectivity index (χ3v) is 9.94. The van der Waals surface area contributed by atoms with Crippen molar-refractivity contribution in [3.8, 4) is 0 Å².